The van der Waals surface area contributed by atoms with Crippen molar-refractivity contribution in [3.63, 3.8) is 0 Å². The molecule has 1 N–H and O–H groups in total. The average molecular weight is 361 g/mol. The largest absolute Gasteiger partial charge is 0.378 e. The van der Waals surface area contributed by atoms with Gasteiger partial charge in [0.05, 0.1) is 19.3 Å². The van der Waals surface area contributed by atoms with Crippen LogP contribution in [-0.4, -0.2) is 79.6 Å². The Morgan fingerprint density at radius 2 is 1.88 bits per heavy atom. The average Bonchev–Trinajstić information content (AvgIpc) is 2.71. The lowest BCUT2D eigenvalue weighted by Gasteiger charge is -2.35. The van der Waals surface area contributed by atoms with E-state index in [1.807, 2.05) is 12.3 Å². The maximum atomic E-state index is 5.89. The second-order valence-corrected chi connectivity index (χ2v) is 7.55. The Morgan fingerprint density at radius 1 is 1.04 bits per heavy atom. The molecule has 26 heavy (non-hydrogen) atoms. The van der Waals surface area contributed by atoms with Crippen LogP contribution in [0.25, 0.3) is 0 Å². The number of likely N-dealkylation sites (tertiary alicyclic amines) is 1. The van der Waals surface area contributed by atoms with Crippen molar-refractivity contribution in [2.75, 3.05) is 62.8 Å². The van der Waals surface area contributed by atoms with Crippen LogP contribution in [0, 0.1) is 0 Å². The van der Waals surface area contributed by atoms with Crippen molar-refractivity contribution in [2.45, 2.75) is 44.2 Å². The highest BCUT2D eigenvalue weighted by atomic mass is 16.5. The Balaban J connectivity index is 1.25. The number of morpholine rings is 1. The molecule has 0 bridgehead atoms. The van der Waals surface area contributed by atoms with E-state index in [4.69, 9.17) is 14.5 Å². The molecule has 0 spiro atoms. The fourth-order valence-corrected chi connectivity index (χ4v) is 4.05. The third-order valence-corrected chi connectivity index (χ3v) is 5.61. The van der Waals surface area contributed by atoms with Crippen molar-refractivity contribution in [1.29, 1.82) is 0 Å². The monoisotopic (exact) mass is 361 g/mol. The van der Waals surface area contributed by atoms with Crippen LogP contribution in [0.1, 0.15) is 32.1 Å². The van der Waals surface area contributed by atoms with E-state index >= 15 is 0 Å². The van der Waals surface area contributed by atoms with E-state index in [0.717, 1.165) is 77.2 Å². The molecule has 144 valence electrons. The van der Waals surface area contributed by atoms with Crippen LogP contribution in [0.2, 0.25) is 0 Å². The van der Waals surface area contributed by atoms with Crippen molar-refractivity contribution in [3.8, 4) is 0 Å². The van der Waals surface area contributed by atoms with Gasteiger partial charge in [-0.15, -0.1) is 0 Å². The molecule has 0 aromatic carbocycles. The zero-order chi connectivity index (χ0) is 17.6. The summed E-state index contributed by atoms with van der Waals surface area (Å²) < 4.78 is 11.3. The van der Waals surface area contributed by atoms with Crippen LogP contribution < -0.4 is 10.2 Å². The zero-order valence-corrected chi connectivity index (χ0v) is 15.6. The topological polar surface area (TPSA) is 62.8 Å². The molecular formula is C19H31N5O2. The van der Waals surface area contributed by atoms with Crippen LogP contribution in [0.5, 0.6) is 0 Å². The lowest BCUT2D eigenvalue weighted by molar-refractivity contribution is -0.00906. The molecule has 1 atom stereocenters. The summed E-state index contributed by atoms with van der Waals surface area (Å²) in [6, 6.07) is 2.47. The molecule has 1 aromatic rings. The standard InChI is InChI=1S/C19H31N5O2/c1-2-12-26-17(3-1)15-23-8-5-16(6-9-23)21-18-4-7-20-19(22-18)24-10-13-25-14-11-24/h4,7,16-17H,1-3,5-6,8-15H2,(H,20,21,22). The summed E-state index contributed by atoms with van der Waals surface area (Å²) >= 11 is 0. The molecular weight excluding hydrogens is 330 g/mol. The molecule has 1 unspecified atom stereocenters. The molecule has 3 aliphatic rings. The Labute approximate surface area is 156 Å². The number of rotatable bonds is 5. The number of hydrogen-bond acceptors (Lipinski definition) is 7. The molecule has 4 rings (SSSR count). The maximum Gasteiger partial charge on any atom is 0.227 e. The fraction of sp³-hybridized carbons (Fsp3) is 0.789. The summed E-state index contributed by atoms with van der Waals surface area (Å²) in [5.41, 5.74) is 0. The molecule has 3 fully saturated rings. The number of piperidine rings is 1. The quantitative estimate of drug-likeness (QED) is 0.857. The fourth-order valence-electron chi connectivity index (χ4n) is 4.05. The Hall–Kier alpha value is -1.44. The Kier molecular flexibility index (Phi) is 6.19. The lowest BCUT2D eigenvalue weighted by Crippen LogP contribution is -2.43. The van der Waals surface area contributed by atoms with E-state index < -0.39 is 0 Å². The molecule has 0 radical (unpaired) electrons. The SMILES string of the molecule is c1cc(NC2CCN(CC3CCCCO3)CC2)nc(N2CCOCC2)n1. The molecule has 7 heteroatoms. The van der Waals surface area contributed by atoms with Gasteiger partial charge in [-0.3, -0.25) is 0 Å². The first kappa shape index (κ1) is 17.9. The van der Waals surface area contributed by atoms with Crippen molar-refractivity contribution in [2.24, 2.45) is 0 Å². The van der Waals surface area contributed by atoms with Gasteiger partial charge in [0.2, 0.25) is 5.95 Å². The molecule has 1 aromatic heterocycles. The second kappa shape index (κ2) is 8.97. The summed E-state index contributed by atoms with van der Waals surface area (Å²) in [6.45, 7) is 7.56. The van der Waals surface area contributed by atoms with E-state index in [0.29, 0.717) is 12.1 Å². The number of anilines is 2. The second-order valence-electron chi connectivity index (χ2n) is 7.55. The predicted molar refractivity (Wildman–Crippen MR) is 102 cm³/mol. The number of ether oxygens (including phenoxy) is 2. The van der Waals surface area contributed by atoms with Gasteiger partial charge in [-0.1, -0.05) is 0 Å². The van der Waals surface area contributed by atoms with Gasteiger partial charge in [0.1, 0.15) is 5.82 Å². The summed E-state index contributed by atoms with van der Waals surface area (Å²) in [5, 5.41) is 3.62. The van der Waals surface area contributed by atoms with E-state index in [1.165, 1.54) is 19.3 Å². The van der Waals surface area contributed by atoms with Crippen LogP contribution in [0.4, 0.5) is 11.8 Å². The number of nitrogens with zero attached hydrogens (tertiary/aromatic N) is 4. The minimum atomic E-state index is 0.450. The maximum absolute atomic E-state index is 5.89. The van der Waals surface area contributed by atoms with E-state index in [1.54, 1.807) is 0 Å². The van der Waals surface area contributed by atoms with Gasteiger partial charge in [-0.2, -0.15) is 4.98 Å². The van der Waals surface area contributed by atoms with Crippen molar-refractivity contribution in [3.05, 3.63) is 12.3 Å². The van der Waals surface area contributed by atoms with Crippen molar-refractivity contribution >= 4 is 11.8 Å². The molecule has 7 nitrogen and oxygen atoms in total. The minimum absolute atomic E-state index is 0.450. The molecule has 0 saturated carbocycles. The summed E-state index contributed by atoms with van der Waals surface area (Å²) in [7, 11) is 0. The van der Waals surface area contributed by atoms with E-state index in [-0.39, 0.29) is 0 Å². The third kappa shape index (κ3) is 4.84. The first-order chi connectivity index (χ1) is 12.9. The lowest BCUT2D eigenvalue weighted by atomic mass is 10.0. The van der Waals surface area contributed by atoms with E-state index in [9.17, 15) is 0 Å². The van der Waals surface area contributed by atoms with Gasteiger partial charge < -0.3 is 24.6 Å². The van der Waals surface area contributed by atoms with Gasteiger partial charge in [0.25, 0.3) is 0 Å². The van der Waals surface area contributed by atoms with Gasteiger partial charge in [0.15, 0.2) is 0 Å². The Bertz CT molecular complexity index is 553. The molecule has 3 aliphatic heterocycles. The molecule has 0 aliphatic carbocycles. The molecule has 4 heterocycles. The molecule has 3 saturated heterocycles. The van der Waals surface area contributed by atoms with Gasteiger partial charge in [-0.25, -0.2) is 4.98 Å². The number of hydrogen-bond donors (Lipinski definition) is 1. The summed E-state index contributed by atoms with van der Waals surface area (Å²) in [6.07, 6.45) is 8.40. The van der Waals surface area contributed by atoms with E-state index in [2.05, 4.69) is 20.1 Å². The van der Waals surface area contributed by atoms with Gasteiger partial charge in [0, 0.05) is 51.6 Å². The first-order valence-electron chi connectivity index (χ1n) is 10.1. The van der Waals surface area contributed by atoms with Gasteiger partial charge >= 0.3 is 0 Å². The third-order valence-electron chi connectivity index (χ3n) is 5.61. The number of nitrogens with one attached hydrogen (secondary N) is 1. The zero-order valence-electron chi connectivity index (χ0n) is 15.6. The first-order valence-corrected chi connectivity index (χ1v) is 10.1. The van der Waals surface area contributed by atoms with Crippen LogP contribution >= 0.6 is 0 Å². The van der Waals surface area contributed by atoms with Crippen molar-refractivity contribution < 1.29 is 9.47 Å². The normalized spacial score (nSPS) is 26.0. The summed E-state index contributed by atoms with van der Waals surface area (Å²) in [4.78, 5) is 13.9. The predicted octanol–water partition coefficient (Wildman–Crippen LogP) is 1.76. The summed E-state index contributed by atoms with van der Waals surface area (Å²) in [5.74, 6) is 1.75. The van der Waals surface area contributed by atoms with Gasteiger partial charge in [-0.05, 0) is 38.2 Å². The highest BCUT2D eigenvalue weighted by Crippen LogP contribution is 2.20. The highest BCUT2D eigenvalue weighted by Gasteiger charge is 2.23. The smallest absolute Gasteiger partial charge is 0.227 e. The van der Waals surface area contributed by atoms with Crippen LogP contribution in [0.3, 0.4) is 0 Å². The van der Waals surface area contributed by atoms with Crippen LogP contribution in [0.15, 0.2) is 12.3 Å². The number of aromatic nitrogens is 2. The Morgan fingerprint density at radius 3 is 2.65 bits per heavy atom. The highest BCUT2D eigenvalue weighted by molar-refractivity contribution is 5.42. The molecule has 0 amide bonds. The minimum Gasteiger partial charge on any atom is -0.378 e. The van der Waals surface area contributed by atoms with Crippen molar-refractivity contribution in [1.82, 2.24) is 14.9 Å². The van der Waals surface area contributed by atoms with Crippen LogP contribution in [-0.2, 0) is 9.47 Å².